The standard InChI is InChI=1S/C19H16N4O/c1-9-16-10(2)18(19-23-22-11(3)24-19)21-15(16)8-13-12-6-4-5-7-14(12)20-17(9)13/h4-8,20-21H,1-3H3. The molecular weight excluding hydrogens is 300 g/mol. The molecule has 5 nitrogen and oxygen atoms in total. The number of aromatic amines is 2. The Morgan fingerprint density at radius 3 is 2.50 bits per heavy atom. The van der Waals surface area contributed by atoms with Crippen LogP contribution in [0, 0.1) is 20.8 Å². The molecule has 0 saturated carbocycles. The number of para-hydroxylation sites is 1. The summed E-state index contributed by atoms with van der Waals surface area (Å²) in [5, 5.41) is 11.8. The van der Waals surface area contributed by atoms with Gasteiger partial charge in [0.05, 0.1) is 5.52 Å². The van der Waals surface area contributed by atoms with Crippen LogP contribution in [0.1, 0.15) is 17.0 Å². The number of nitrogens with one attached hydrogen (secondary N) is 2. The second-order valence-electron chi connectivity index (χ2n) is 6.27. The van der Waals surface area contributed by atoms with Crippen molar-refractivity contribution in [2.75, 3.05) is 0 Å². The van der Waals surface area contributed by atoms with Gasteiger partial charge in [0.2, 0.25) is 5.89 Å². The highest BCUT2D eigenvalue weighted by Crippen LogP contribution is 2.37. The summed E-state index contributed by atoms with van der Waals surface area (Å²) in [5.74, 6) is 1.10. The van der Waals surface area contributed by atoms with Gasteiger partial charge in [0.15, 0.2) is 0 Å². The smallest absolute Gasteiger partial charge is 0.264 e. The molecule has 5 rings (SSSR count). The summed E-state index contributed by atoms with van der Waals surface area (Å²) in [6.45, 7) is 6.05. The van der Waals surface area contributed by atoms with Crippen LogP contribution >= 0.6 is 0 Å². The summed E-state index contributed by atoms with van der Waals surface area (Å²) in [7, 11) is 0. The van der Waals surface area contributed by atoms with Crippen LogP contribution in [0.3, 0.4) is 0 Å². The van der Waals surface area contributed by atoms with E-state index in [0.29, 0.717) is 11.8 Å². The average molecular weight is 316 g/mol. The fraction of sp³-hybridized carbons (Fsp3) is 0.158. The van der Waals surface area contributed by atoms with Gasteiger partial charge in [0.1, 0.15) is 5.69 Å². The van der Waals surface area contributed by atoms with Gasteiger partial charge < -0.3 is 14.4 Å². The third-order valence-electron chi connectivity index (χ3n) is 4.80. The molecule has 5 heteroatoms. The van der Waals surface area contributed by atoms with Gasteiger partial charge in [-0.15, -0.1) is 10.2 Å². The monoisotopic (exact) mass is 316 g/mol. The highest BCUT2D eigenvalue weighted by Gasteiger charge is 2.18. The number of aromatic nitrogens is 4. The molecule has 24 heavy (non-hydrogen) atoms. The first kappa shape index (κ1) is 13.4. The summed E-state index contributed by atoms with van der Waals surface area (Å²) >= 11 is 0. The van der Waals surface area contributed by atoms with Gasteiger partial charge >= 0.3 is 0 Å². The Morgan fingerprint density at radius 2 is 1.71 bits per heavy atom. The van der Waals surface area contributed by atoms with Crippen molar-refractivity contribution in [3.63, 3.8) is 0 Å². The molecule has 3 aromatic heterocycles. The highest BCUT2D eigenvalue weighted by molar-refractivity contribution is 6.14. The number of hydrogen-bond donors (Lipinski definition) is 2. The lowest BCUT2D eigenvalue weighted by atomic mass is 10.0. The number of H-pyrrole nitrogens is 2. The molecule has 3 heterocycles. The number of hydrogen-bond acceptors (Lipinski definition) is 3. The van der Waals surface area contributed by atoms with Gasteiger partial charge in [0, 0.05) is 34.1 Å². The van der Waals surface area contributed by atoms with Crippen LogP contribution < -0.4 is 0 Å². The van der Waals surface area contributed by atoms with Crippen molar-refractivity contribution < 1.29 is 4.42 Å². The van der Waals surface area contributed by atoms with Crippen LogP contribution in [0.5, 0.6) is 0 Å². The van der Waals surface area contributed by atoms with Gasteiger partial charge in [-0.05, 0) is 37.1 Å². The predicted octanol–water partition coefficient (Wildman–Crippen LogP) is 4.78. The summed E-state index contributed by atoms with van der Waals surface area (Å²) in [6.07, 6.45) is 0. The average Bonchev–Trinajstić information content (AvgIpc) is 3.24. The normalized spacial score (nSPS) is 12.0. The lowest BCUT2D eigenvalue weighted by molar-refractivity contribution is 0.531. The van der Waals surface area contributed by atoms with E-state index in [0.717, 1.165) is 22.3 Å². The zero-order valence-corrected chi connectivity index (χ0v) is 13.7. The van der Waals surface area contributed by atoms with Crippen molar-refractivity contribution in [3.8, 4) is 11.6 Å². The Kier molecular flexibility index (Phi) is 2.49. The van der Waals surface area contributed by atoms with Gasteiger partial charge in [-0.2, -0.15) is 0 Å². The van der Waals surface area contributed by atoms with E-state index in [-0.39, 0.29) is 0 Å². The Morgan fingerprint density at radius 1 is 0.875 bits per heavy atom. The molecule has 0 aliphatic rings. The molecule has 0 aliphatic carbocycles. The third kappa shape index (κ3) is 1.64. The molecule has 0 spiro atoms. The molecule has 2 aromatic carbocycles. The van der Waals surface area contributed by atoms with Gasteiger partial charge in [-0.25, -0.2) is 0 Å². The maximum Gasteiger partial charge on any atom is 0.264 e. The Balaban J connectivity index is 1.91. The SMILES string of the molecule is Cc1nnc(-c2[nH]c3cc4c([nH]c5ccccc54)c(C)c3c2C)o1. The first-order chi connectivity index (χ1) is 11.6. The van der Waals surface area contributed by atoms with E-state index in [2.05, 4.69) is 64.3 Å². The van der Waals surface area contributed by atoms with Gasteiger partial charge in [-0.1, -0.05) is 18.2 Å². The molecular formula is C19H16N4O. The minimum absolute atomic E-state index is 0.536. The van der Waals surface area contributed by atoms with Crippen molar-refractivity contribution in [1.29, 1.82) is 0 Å². The van der Waals surface area contributed by atoms with Crippen molar-refractivity contribution in [1.82, 2.24) is 20.2 Å². The van der Waals surface area contributed by atoms with E-state index in [1.165, 1.54) is 27.2 Å². The quantitative estimate of drug-likeness (QED) is 0.467. The maximum absolute atomic E-state index is 5.61. The maximum atomic E-state index is 5.61. The lowest BCUT2D eigenvalue weighted by Crippen LogP contribution is -1.82. The van der Waals surface area contributed by atoms with Gasteiger partial charge in [-0.3, -0.25) is 0 Å². The van der Waals surface area contributed by atoms with E-state index in [1.807, 2.05) is 0 Å². The van der Waals surface area contributed by atoms with Crippen LogP contribution in [-0.2, 0) is 0 Å². The second-order valence-corrected chi connectivity index (χ2v) is 6.27. The molecule has 0 fully saturated rings. The number of nitrogens with zero attached hydrogens (tertiary/aromatic N) is 2. The largest absolute Gasteiger partial charge is 0.420 e. The van der Waals surface area contributed by atoms with Crippen LogP contribution in [0.2, 0.25) is 0 Å². The summed E-state index contributed by atoms with van der Waals surface area (Å²) in [4.78, 5) is 7.02. The first-order valence-corrected chi connectivity index (χ1v) is 7.96. The molecule has 2 N–H and O–H groups in total. The van der Waals surface area contributed by atoms with Crippen LogP contribution in [0.15, 0.2) is 34.7 Å². The molecule has 0 aliphatic heterocycles. The van der Waals surface area contributed by atoms with E-state index >= 15 is 0 Å². The summed E-state index contributed by atoms with van der Waals surface area (Å²) in [5.41, 5.74) is 6.69. The number of aryl methyl sites for hydroxylation is 3. The first-order valence-electron chi connectivity index (χ1n) is 7.96. The van der Waals surface area contributed by atoms with Crippen molar-refractivity contribution in [2.45, 2.75) is 20.8 Å². The second kappa shape index (κ2) is 4.47. The zero-order valence-electron chi connectivity index (χ0n) is 13.7. The zero-order chi connectivity index (χ0) is 16.4. The van der Waals surface area contributed by atoms with E-state index < -0.39 is 0 Å². The fourth-order valence-electron chi connectivity index (χ4n) is 3.70. The fourth-order valence-corrected chi connectivity index (χ4v) is 3.70. The highest BCUT2D eigenvalue weighted by atomic mass is 16.4. The minimum atomic E-state index is 0.536. The number of rotatable bonds is 1. The number of fused-ring (bicyclic) bond motifs is 4. The van der Waals surface area contributed by atoms with Crippen molar-refractivity contribution in [2.24, 2.45) is 0 Å². The summed E-state index contributed by atoms with van der Waals surface area (Å²) < 4.78 is 5.61. The Bertz CT molecular complexity index is 1240. The molecule has 0 bridgehead atoms. The van der Waals surface area contributed by atoms with Gasteiger partial charge in [0.25, 0.3) is 5.89 Å². The van der Waals surface area contributed by atoms with Crippen molar-refractivity contribution in [3.05, 3.63) is 47.3 Å². The third-order valence-corrected chi connectivity index (χ3v) is 4.80. The Labute approximate surface area is 137 Å². The molecule has 118 valence electrons. The van der Waals surface area contributed by atoms with E-state index in [1.54, 1.807) is 6.92 Å². The molecule has 0 unspecified atom stereocenters. The van der Waals surface area contributed by atoms with Crippen LogP contribution in [0.4, 0.5) is 0 Å². The molecule has 0 atom stereocenters. The Hall–Kier alpha value is -3.08. The van der Waals surface area contributed by atoms with Crippen molar-refractivity contribution >= 4 is 32.7 Å². The molecule has 0 radical (unpaired) electrons. The molecule has 0 amide bonds. The van der Waals surface area contributed by atoms with E-state index in [4.69, 9.17) is 4.42 Å². The van der Waals surface area contributed by atoms with Crippen LogP contribution in [-0.4, -0.2) is 20.2 Å². The summed E-state index contributed by atoms with van der Waals surface area (Å²) in [6, 6.07) is 10.6. The minimum Gasteiger partial charge on any atom is -0.420 e. The molecule has 0 saturated heterocycles. The molecule has 5 aromatic rings. The lowest BCUT2D eigenvalue weighted by Gasteiger charge is -2.01. The number of benzene rings is 2. The van der Waals surface area contributed by atoms with E-state index in [9.17, 15) is 0 Å². The topological polar surface area (TPSA) is 70.5 Å². The van der Waals surface area contributed by atoms with Crippen LogP contribution in [0.25, 0.3) is 44.3 Å². The predicted molar refractivity (Wildman–Crippen MR) is 95.2 cm³/mol.